The largest absolute Gasteiger partial charge is 0.411 e. The van der Waals surface area contributed by atoms with Gasteiger partial charge in [0.15, 0.2) is 0 Å². The van der Waals surface area contributed by atoms with Gasteiger partial charge in [0.1, 0.15) is 6.61 Å². The molecule has 0 aliphatic carbocycles. The van der Waals surface area contributed by atoms with Crippen LogP contribution in [0.15, 0.2) is 0 Å². The number of hydrogen-bond donors (Lipinski definition) is 2. The first kappa shape index (κ1) is 14.2. The van der Waals surface area contributed by atoms with Crippen molar-refractivity contribution < 1.29 is 17.9 Å². The summed E-state index contributed by atoms with van der Waals surface area (Å²) in [6.07, 6.45) is -3.85. The van der Waals surface area contributed by atoms with Gasteiger partial charge in [-0.2, -0.15) is 13.2 Å². The number of likely N-dealkylation sites (N-methyl/N-ethyl adjacent to an activating group) is 1. The zero-order valence-corrected chi connectivity index (χ0v) is 8.60. The molecule has 0 aliphatic heterocycles. The van der Waals surface area contributed by atoms with Crippen molar-refractivity contribution in [1.29, 1.82) is 5.41 Å². The number of nitrogens with zero attached hydrogens (tertiary/aromatic N) is 1. The van der Waals surface area contributed by atoms with Crippen molar-refractivity contribution in [3.63, 3.8) is 0 Å². The zero-order valence-electron chi connectivity index (χ0n) is 8.60. The summed E-state index contributed by atoms with van der Waals surface area (Å²) >= 11 is 0. The molecule has 7 heteroatoms. The maximum Gasteiger partial charge on any atom is 0.411 e. The number of hydrogen-bond acceptors (Lipinski definition) is 3. The molecule has 0 radical (unpaired) electrons. The smallest absolute Gasteiger partial charge is 0.388 e. The topological polar surface area (TPSA) is 62.3 Å². The SMILES string of the molecule is CN(CCOCC(F)(F)F)CCC(=N)N. The lowest BCUT2D eigenvalue weighted by atomic mass is 10.4. The van der Waals surface area contributed by atoms with Gasteiger partial charge in [0, 0.05) is 19.5 Å². The van der Waals surface area contributed by atoms with Gasteiger partial charge in [-0.3, -0.25) is 5.41 Å². The van der Waals surface area contributed by atoms with E-state index in [1.54, 1.807) is 11.9 Å². The molecule has 0 fully saturated rings. The van der Waals surface area contributed by atoms with Crippen molar-refractivity contribution >= 4 is 5.84 Å². The minimum atomic E-state index is -4.27. The molecule has 15 heavy (non-hydrogen) atoms. The number of rotatable bonds is 7. The highest BCUT2D eigenvalue weighted by atomic mass is 19.4. The second kappa shape index (κ2) is 6.62. The summed E-state index contributed by atoms with van der Waals surface area (Å²) in [6.45, 7) is -0.254. The Balaban J connectivity index is 3.39. The molecule has 90 valence electrons. The highest BCUT2D eigenvalue weighted by Crippen LogP contribution is 2.14. The number of ether oxygens (including phenoxy) is 1. The number of nitrogens with two attached hydrogens (primary N) is 1. The normalized spacial score (nSPS) is 12.1. The lowest BCUT2D eigenvalue weighted by molar-refractivity contribution is -0.174. The summed E-state index contributed by atoms with van der Waals surface area (Å²) in [5.74, 6) is 0.0676. The molecule has 0 atom stereocenters. The van der Waals surface area contributed by atoms with Gasteiger partial charge in [0.2, 0.25) is 0 Å². The third-order valence-corrected chi connectivity index (χ3v) is 1.65. The summed E-state index contributed by atoms with van der Waals surface area (Å²) in [5.41, 5.74) is 5.13. The van der Waals surface area contributed by atoms with Crippen molar-refractivity contribution in [3.05, 3.63) is 0 Å². The molecule has 3 N–H and O–H groups in total. The Morgan fingerprint density at radius 3 is 2.47 bits per heavy atom. The van der Waals surface area contributed by atoms with Crippen molar-refractivity contribution in [2.75, 3.05) is 33.4 Å². The predicted octanol–water partition coefficient (Wildman–Crippen LogP) is 0.823. The minimum Gasteiger partial charge on any atom is -0.388 e. The third kappa shape index (κ3) is 11.1. The Labute approximate surface area is 86.7 Å². The van der Waals surface area contributed by atoms with Crippen LogP contribution in [0.2, 0.25) is 0 Å². The van der Waals surface area contributed by atoms with E-state index in [1.807, 2.05) is 0 Å². The van der Waals surface area contributed by atoms with Gasteiger partial charge in [-0.15, -0.1) is 0 Å². The molecule has 0 unspecified atom stereocenters. The average molecular weight is 227 g/mol. The summed E-state index contributed by atoms with van der Waals surface area (Å²) in [5, 5.41) is 6.95. The van der Waals surface area contributed by atoms with Crippen LogP contribution in [0, 0.1) is 5.41 Å². The van der Waals surface area contributed by atoms with Gasteiger partial charge in [0.25, 0.3) is 0 Å². The molecular weight excluding hydrogens is 211 g/mol. The predicted molar refractivity (Wildman–Crippen MR) is 50.9 cm³/mol. The quantitative estimate of drug-likeness (QED) is 0.384. The highest BCUT2D eigenvalue weighted by Gasteiger charge is 2.27. The minimum absolute atomic E-state index is 0.0217. The molecular formula is C8H16F3N3O. The molecule has 0 saturated carbocycles. The fourth-order valence-corrected chi connectivity index (χ4v) is 0.831. The molecule has 0 bridgehead atoms. The fourth-order valence-electron chi connectivity index (χ4n) is 0.831. The van der Waals surface area contributed by atoms with Gasteiger partial charge in [-0.1, -0.05) is 0 Å². The van der Waals surface area contributed by atoms with E-state index < -0.39 is 12.8 Å². The fraction of sp³-hybridized carbons (Fsp3) is 0.875. The number of nitrogens with one attached hydrogen (secondary N) is 1. The van der Waals surface area contributed by atoms with Crippen LogP contribution in [0.25, 0.3) is 0 Å². The van der Waals surface area contributed by atoms with Crippen LogP contribution in [-0.2, 0) is 4.74 Å². The molecule has 0 aliphatic rings. The molecule has 0 rings (SSSR count). The van der Waals surface area contributed by atoms with Crippen LogP contribution in [0.1, 0.15) is 6.42 Å². The summed E-state index contributed by atoms with van der Waals surface area (Å²) in [4.78, 5) is 1.76. The maximum atomic E-state index is 11.7. The van der Waals surface area contributed by atoms with E-state index >= 15 is 0 Å². The van der Waals surface area contributed by atoms with E-state index in [-0.39, 0.29) is 12.4 Å². The Hall–Kier alpha value is -0.820. The van der Waals surface area contributed by atoms with Crippen molar-refractivity contribution in [1.82, 2.24) is 4.90 Å². The van der Waals surface area contributed by atoms with Crippen LogP contribution in [0.3, 0.4) is 0 Å². The van der Waals surface area contributed by atoms with E-state index in [0.717, 1.165) is 0 Å². The monoisotopic (exact) mass is 227 g/mol. The maximum absolute atomic E-state index is 11.7. The van der Waals surface area contributed by atoms with Crippen LogP contribution in [0.5, 0.6) is 0 Å². The van der Waals surface area contributed by atoms with Crippen LogP contribution in [-0.4, -0.2) is 50.3 Å². The van der Waals surface area contributed by atoms with Gasteiger partial charge in [-0.05, 0) is 7.05 Å². The van der Waals surface area contributed by atoms with Crippen molar-refractivity contribution in [2.24, 2.45) is 5.73 Å². The summed E-state index contributed by atoms with van der Waals surface area (Å²) < 4.78 is 39.4. The highest BCUT2D eigenvalue weighted by molar-refractivity contribution is 5.76. The van der Waals surface area contributed by atoms with Crippen LogP contribution >= 0.6 is 0 Å². The van der Waals surface area contributed by atoms with Crippen molar-refractivity contribution in [3.8, 4) is 0 Å². The standard InChI is InChI=1S/C8H16F3N3O/c1-14(3-2-7(12)13)4-5-15-6-8(9,10)11/h2-6H2,1H3,(H3,12,13). The zero-order chi connectivity index (χ0) is 11.9. The Morgan fingerprint density at radius 2 is 2.00 bits per heavy atom. The second-order valence-electron chi connectivity index (χ2n) is 3.25. The lowest BCUT2D eigenvalue weighted by Gasteiger charge is -2.16. The molecule has 0 aromatic rings. The third-order valence-electron chi connectivity index (χ3n) is 1.65. The Bertz CT molecular complexity index is 196. The molecule has 0 amide bonds. The van der Waals surface area contributed by atoms with E-state index in [9.17, 15) is 13.2 Å². The van der Waals surface area contributed by atoms with E-state index in [1.165, 1.54) is 0 Å². The van der Waals surface area contributed by atoms with Crippen LogP contribution in [0.4, 0.5) is 13.2 Å². The molecule has 0 aromatic carbocycles. The first-order valence-electron chi connectivity index (χ1n) is 4.47. The van der Waals surface area contributed by atoms with Gasteiger partial charge < -0.3 is 15.4 Å². The van der Waals surface area contributed by atoms with E-state index in [0.29, 0.717) is 19.5 Å². The number of alkyl halides is 3. The number of amidine groups is 1. The molecule has 0 saturated heterocycles. The Kier molecular flexibility index (Phi) is 6.26. The first-order chi connectivity index (χ1) is 6.81. The van der Waals surface area contributed by atoms with E-state index in [2.05, 4.69) is 4.74 Å². The van der Waals surface area contributed by atoms with E-state index in [4.69, 9.17) is 11.1 Å². The average Bonchev–Trinajstić information content (AvgIpc) is 2.07. The second-order valence-corrected chi connectivity index (χ2v) is 3.25. The van der Waals surface area contributed by atoms with Crippen molar-refractivity contribution in [2.45, 2.75) is 12.6 Å². The lowest BCUT2D eigenvalue weighted by Crippen LogP contribution is -2.28. The molecule has 0 aromatic heterocycles. The summed E-state index contributed by atoms with van der Waals surface area (Å²) in [7, 11) is 1.74. The molecule has 4 nitrogen and oxygen atoms in total. The van der Waals surface area contributed by atoms with Gasteiger partial charge >= 0.3 is 6.18 Å². The Morgan fingerprint density at radius 1 is 1.40 bits per heavy atom. The van der Waals surface area contributed by atoms with Gasteiger partial charge in [-0.25, -0.2) is 0 Å². The summed E-state index contributed by atoms with van der Waals surface area (Å²) in [6, 6.07) is 0. The molecule has 0 heterocycles. The molecule has 0 spiro atoms. The first-order valence-corrected chi connectivity index (χ1v) is 4.47. The number of halogens is 3. The van der Waals surface area contributed by atoms with Crippen LogP contribution < -0.4 is 5.73 Å². The van der Waals surface area contributed by atoms with Gasteiger partial charge in [0.05, 0.1) is 12.4 Å².